The Hall–Kier alpha value is -2.22. The highest BCUT2D eigenvalue weighted by molar-refractivity contribution is 5.78. The van der Waals surface area contributed by atoms with Gasteiger partial charge in [0.1, 0.15) is 5.76 Å². The summed E-state index contributed by atoms with van der Waals surface area (Å²) >= 11 is 0. The molecule has 2 aromatic rings. The Morgan fingerprint density at radius 2 is 2.41 bits per heavy atom. The number of amides is 1. The van der Waals surface area contributed by atoms with Gasteiger partial charge in [0.15, 0.2) is 0 Å². The topological polar surface area (TPSA) is 86.3 Å². The van der Waals surface area contributed by atoms with Gasteiger partial charge in [0.25, 0.3) is 0 Å². The van der Waals surface area contributed by atoms with E-state index in [1.54, 1.807) is 12.3 Å². The molecule has 0 aromatic carbocycles. The molecule has 116 valence electrons. The number of aromatic nitrogens is 4. The fourth-order valence-corrected chi connectivity index (χ4v) is 3.17. The number of likely N-dealkylation sites (tertiary alicyclic amines) is 1. The summed E-state index contributed by atoms with van der Waals surface area (Å²) < 4.78 is 12.9. The molecule has 1 saturated heterocycles. The second-order valence-corrected chi connectivity index (χ2v) is 5.83. The Bertz CT molecular complexity index is 694. The zero-order valence-electron chi connectivity index (χ0n) is 12.3. The smallest absolute Gasteiger partial charge is 0.230 e. The molecule has 2 aliphatic heterocycles. The minimum atomic E-state index is 0.0420. The van der Waals surface area contributed by atoms with E-state index in [-0.39, 0.29) is 24.5 Å². The lowest BCUT2D eigenvalue weighted by Crippen LogP contribution is -2.50. The zero-order chi connectivity index (χ0) is 15.1. The molecule has 2 atom stereocenters. The zero-order valence-corrected chi connectivity index (χ0v) is 12.3. The number of carbonyl (C=O) groups is 1. The maximum absolute atomic E-state index is 12.5. The molecule has 0 saturated carbocycles. The molecule has 22 heavy (non-hydrogen) atoms. The Balaban J connectivity index is 1.48. The van der Waals surface area contributed by atoms with Crippen LogP contribution in [0.1, 0.15) is 29.6 Å². The molecule has 0 bridgehead atoms. The summed E-state index contributed by atoms with van der Waals surface area (Å²) in [7, 11) is 0. The van der Waals surface area contributed by atoms with E-state index in [1.807, 2.05) is 16.5 Å². The minimum absolute atomic E-state index is 0.0420. The monoisotopic (exact) mass is 303 g/mol. The van der Waals surface area contributed by atoms with Gasteiger partial charge in [0.2, 0.25) is 5.91 Å². The summed E-state index contributed by atoms with van der Waals surface area (Å²) in [6.07, 6.45) is 2.87. The van der Waals surface area contributed by atoms with Crippen LogP contribution in [0.5, 0.6) is 0 Å². The van der Waals surface area contributed by atoms with Crippen LogP contribution in [-0.4, -0.2) is 50.2 Å². The van der Waals surface area contributed by atoms with E-state index in [2.05, 4.69) is 15.5 Å². The first-order valence-electron chi connectivity index (χ1n) is 7.41. The summed E-state index contributed by atoms with van der Waals surface area (Å²) in [5.41, 5.74) is 1.75. The second-order valence-electron chi connectivity index (χ2n) is 5.83. The number of nitrogens with zero attached hydrogens (tertiary/aromatic N) is 5. The average molecular weight is 303 g/mol. The van der Waals surface area contributed by atoms with Crippen LogP contribution >= 0.6 is 0 Å². The molecule has 4 heterocycles. The molecule has 0 unspecified atom stereocenters. The van der Waals surface area contributed by atoms with Crippen molar-refractivity contribution in [2.75, 3.05) is 13.1 Å². The highest BCUT2D eigenvalue weighted by atomic mass is 16.5. The first-order chi connectivity index (χ1) is 10.7. The molecule has 0 spiro atoms. The predicted molar refractivity (Wildman–Crippen MR) is 73.8 cm³/mol. The van der Waals surface area contributed by atoms with Crippen LogP contribution < -0.4 is 0 Å². The van der Waals surface area contributed by atoms with Crippen molar-refractivity contribution >= 4 is 5.91 Å². The highest BCUT2D eigenvalue weighted by Gasteiger charge is 2.37. The van der Waals surface area contributed by atoms with Crippen LogP contribution in [0.2, 0.25) is 0 Å². The molecule has 0 N–H and O–H groups in total. The molecule has 1 fully saturated rings. The molecule has 2 aliphatic rings. The number of piperidine rings is 1. The van der Waals surface area contributed by atoms with Gasteiger partial charge in [-0.2, -0.15) is 0 Å². The van der Waals surface area contributed by atoms with Crippen molar-refractivity contribution in [3.8, 4) is 0 Å². The van der Waals surface area contributed by atoms with Gasteiger partial charge in [0, 0.05) is 19.2 Å². The number of hydrogen-bond donors (Lipinski definition) is 0. The standard InChI is InChI=1S/C14H17N5O3/c1-9-4-11(22-16-9)5-14(20)18-3-2-13-12(7-18)19-10(8-21-13)6-15-17-19/h4,6,12-13H,2-3,5,7-8H2,1H3/t12-,13-/m1/s1. The number of fused-ring (bicyclic) bond motifs is 3. The lowest BCUT2D eigenvalue weighted by atomic mass is 10.00. The van der Waals surface area contributed by atoms with E-state index in [4.69, 9.17) is 9.26 Å². The van der Waals surface area contributed by atoms with Crippen molar-refractivity contribution < 1.29 is 14.1 Å². The Morgan fingerprint density at radius 3 is 3.23 bits per heavy atom. The largest absolute Gasteiger partial charge is 0.370 e. The van der Waals surface area contributed by atoms with E-state index in [1.165, 1.54) is 0 Å². The Kier molecular flexibility index (Phi) is 3.18. The normalized spacial score (nSPS) is 24.0. The van der Waals surface area contributed by atoms with E-state index in [0.29, 0.717) is 25.5 Å². The van der Waals surface area contributed by atoms with Gasteiger partial charge in [-0.05, 0) is 13.3 Å². The highest BCUT2D eigenvalue weighted by Crippen LogP contribution is 2.30. The lowest BCUT2D eigenvalue weighted by Gasteiger charge is -2.40. The van der Waals surface area contributed by atoms with Gasteiger partial charge < -0.3 is 14.2 Å². The molecular weight excluding hydrogens is 286 g/mol. The van der Waals surface area contributed by atoms with Crippen LogP contribution in [0.3, 0.4) is 0 Å². The van der Waals surface area contributed by atoms with Crippen LogP contribution in [0, 0.1) is 6.92 Å². The quantitative estimate of drug-likeness (QED) is 0.802. The maximum atomic E-state index is 12.5. The van der Waals surface area contributed by atoms with Gasteiger partial charge >= 0.3 is 0 Å². The summed E-state index contributed by atoms with van der Waals surface area (Å²) in [6, 6.07) is 1.84. The third kappa shape index (κ3) is 2.29. The third-order valence-electron chi connectivity index (χ3n) is 4.28. The predicted octanol–water partition coefficient (Wildman–Crippen LogP) is 0.489. The first-order valence-corrected chi connectivity index (χ1v) is 7.41. The third-order valence-corrected chi connectivity index (χ3v) is 4.28. The van der Waals surface area contributed by atoms with E-state index < -0.39 is 0 Å². The number of carbonyl (C=O) groups excluding carboxylic acids is 1. The van der Waals surface area contributed by atoms with Crippen molar-refractivity contribution in [2.45, 2.75) is 38.5 Å². The summed E-state index contributed by atoms with van der Waals surface area (Å²) in [6.45, 7) is 3.66. The van der Waals surface area contributed by atoms with Gasteiger partial charge in [-0.25, -0.2) is 4.68 Å². The molecular formula is C14H17N5O3. The van der Waals surface area contributed by atoms with Crippen molar-refractivity contribution in [1.29, 1.82) is 0 Å². The van der Waals surface area contributed by atoms with E-state index >= 15 is 0 Å². The number of rotatable bonds is 2. The van der Waals surface area contributed by atoms with E-state index in [9.17, 15) is 4.79 Å². The van der Waals surface area contributed by atoms with Crippen LogP contribution in [0.4, 0.5) is 0 Å². The molecule has 0 radical (unpaired) electrons. The fraction of sp³-hybridized carbons (Fsp3) is 0.571. The van der Waals surface area contributed by atoms with Gasteiger partial charge in [-0.15, -0.1) is 5.10 Å². The SMILES string of the molecule is Cc1cc(CC(=O)N2CC[C@H]3OCc4cnnn4[C@@H]3C2)on1. The molecule has 8 heteroatoms. The van der Waals surface area contributed by atoms with Gasteiger partial charge in [-0.1, -0.05) is 10.4 Å². The van der Waals surface area contributed by atoms with Crippen LogP contribution in [0.25, 0.3) is 0 Å². The van der Waals surface area contributed by atoms with Crippen molar-refractivity contribution in [1.82, 2.24) is 25.1 Å². The lowest BCUT2D eigenvalue weighted by molar-refractivity contribution is -0.137. The van der Waals surface area contributed by atoms with Crippen molar-refractivity contribution in [3.63, 3.8) is 0 Å². The number of ether oxygens (including phenoxy) is 1. The Labute approximate surface area is 127 Å². The summed E-state index contributed by atoms with van der Waals surface area (Å²) in [5, 5.41) is 11.9. The van der Waals surface area contributed by atoms with Crippen molar-refractivity contribution in [3.05, 3.63) is 29.4 Å². The van der Waals surface area contributed by atoms with Crippen LogP contribution in [0.15, 0.2) is 16.8 Å². The average Bonchev–Trinajstić information content (AvgIpc) is 3.15. The second kappa shape index (κ2) is 5.20. The van der Waals surface area contributed by atoms with Gasteiger partial charge in [0.05, 0.1) is 42.8 Å². The first kappa shape index (κ1) is 13.4. The van der Waals surface area contributed by atoms with E-state index in [0.717, 1.165) is 17.8 Å². The van der Waals surface area contributed by atoms with Crippen LogP contribution in [-0.2, 0) is 22.6 Å². The minimum Gasteiger partial charge on any atom is -0.370 e. The number of aryl methyl sites for hydroxylation is 1. The Morgan fingerprint density at radius 1 is 1.50 bits per heavy atom. The molecule has 0 aliphatic carbocycles. The molecule has 4 rings (SSSR count). The molecule has 1 amide bonds. The molecule has 2 aromatic heterocycles. The van der Waals surface area contributed by atoms with Gasteiger partial charge in [-0.3, -0.25) is 4.79 Å². The fourth-order valence-electron chi connectivity index (χ4n) is 3.17. The van der Waals surface area contributed by atoms with Crippen molar-refractivity contribution in [2.24, 2.45) is 0 Å². The number of hydrogen-bond acceptors (Lipinski definition) is 6. The maximum Gasteiger partial charge on any atom is 0.230 e. The summed E-state index contributed by atoms with van der Waals surface area (Å²) in [5.74, 6) is 0.646. The molecule has 8 nitrogen and oxygen atoms in total. The summed E-state index contributed by atoms with van der Waals surface area (Å²) in [4.78, 5) is 14.3.